The molecular formula is C19H31N3O5S. The molecule has 9 heteroatoms. The lowest BCUT2D eigenvalue weighted by atomic mass is 10.1. The van der Waals surface area contributed by atoms with Crippen LogP contribution < -0.4 is 10.6 Å². The number of amides is 1. The number of ether oxygens (including phenoxy) is 2. The molecule has 1 amide bonds. The van der Waals surface area contributed by atoms with Crippen LogP contribution in [0.25, 0.3) is 0 Å². The number of sulfonamides is 1. The molecule has 1 aromatic carbocycles. The highest BCUT2D eigenvalue weighted by Gasteiger charge is 2.24. The molecule has 2 N–H and O–H groups in total. The Hall–Kier alpha value is -1.68. The summed E-state index contributed by atoms with van der Waals surface area (Å²) in [5, 5.41) is 6.00. The fourth-order valence-electron chi connectivity index (χ4n) is 3.13. The van der Waals surface area contributed by atoms with Crippen molar-refractivity contribution in [3.05, 3.63) is 23.8 Å². The van der Waals surface area contributed by atoms with Gasteiger partial charge in [0.2, 0.25) is 10.0 Å². The minimum absolute atomic E-state index is 0.0106. The summed E-state index contributed by atoms with van der Waals surface area (Å²) in [4.78, 5) is 12.9. The van der Waals surface area contributed by atoms with Crippen LogP contribution >= 0.6 is 0 Å². The van der Waals surface area contributed by atoms with Gasteiger partial charge in [-0.05, 0) is 31.0 Å². The van der Waals surface area contributed by atoms with Gasteiger partial charge in [-0.3, -0.25) is 4.79 Å². The van der Waals surface area contributed by atoms with E-state index in [1.165, 1.54) is 16.4 Å². The molecule has 1 saturated heterocycles. The van der Waals surface area contributed by atoms with Gasteiger partial charge in [0, 0.05) is 45.6 Å². The maximum atomic E-state index is 12.8. The van der Waals surface area contributed by atoms with Gasteiger partial charge < -0.3 is 20.1 Å². The van der Waals surface area contributed by atoms with Crippen LogP contribution in [0.15, 0.2) is 23.1 Å². The first-order valence-electron chi connectivity index (χ1n) is 9.70. The molecule has 158 valence electrons. The maximum absolute atomic E-state index is 12.8. The Morgan fingerprint density at radius 2 is 2.07 bits per heavy atom. The normalized spacial score (nSPS) is 17.1. The van der Waals surface area contributed by atoms with Crippen molar-refractivity contribution in [1.29, 1.82) is 0 Å². The maximum Gasteiger partial charge on any atom is 0.253 e. The molecule has 0 saturated carbocycles. The van der Waals surface area contributed by atoms with Crippen LogP contribution in [0.4, 0.5) is 5.69 Å². The molecule has 1 atom stereocenters. The van der Waals surface area contributed by atoms with Gasteiger partial charge in [0.25, 0.3) is 5.91 Å². The number of hydrogen-bond acceptors (Lipinski definition) is 6. The molecule has 0 aromatic heterocycles. The van der Waals surface area contributed by atoms with Gasteiger partial charge in [0.15, 0.2) is 0 Å². The fourth-order valence-corrected chi connectivity index (χ4v) is 4.62. The predicted octanol–water partition coefficient (Wildman–Crippen LogP) is 1.68. The third-order valence-electron chi connectivity index (χ3n) is 4.71. The van der Waals surface area contributed by atoms with E-state index in [4.69, 9.17) is 9.47 Å². The highest BCUT2D eigenvalue weighted by Crippen LogP contribution is 2.23. The molecular weight excluding hydrogens is 382 g/mol. The summed E-state index contributed by atoms with van der Waals surface area (Å²) in [7, 11) is -2.06. The number of carbonyl (C=O) groups excluding carboxylic acids is 1. The number of rotatable bonds is 11. The number of anilines is 1. The Balaban J connectivity index is 2.27. The second-order valence-electron chi connectivity index (χ2n) is 6.56. The fraction of sp³-hybridized carbons (Fsp3) is 0.632. The number of carbonyl (C=O) groups is 1. The molecule has 1 aliphatic heterocycles. The van der Waals surface area contributed by atoms with Crippen molar-refractivity contribution in [1.82, 2.24) is 9.62 Å². The Kier molecular flexibility index (Phi) is 8.68. The standard InChI is InChI=1S/C19H31N3O5S/c1-4-22(5-2)28(24,25)16-8-9-18(20-10-12-26-3)17(13-16)19(23)21-14-15-7-6-11-27-15/h8-9,13,15,20H,4-7,10-12,14H2,1-3H3,(H,21,23)/t15-/m0/s1. The van der Waals surface area contributed by atoms with Crippen LogP contribution in [0.3, 0.4) is 0 Å². The molecule has 0 spiro atoms. The second kappa shape index (κ2) is 10.8. The number of nitrogens with zero attached hydrogens (tertiary/aromatic N) is 1. The highest BCUT2D eigenvalue weighted by atomic mass is 32.2. The van der Waals surface area contributed by atoms with Crippen molar-refractivity contribution in [2.45, 2.75) is 37.7 Å². The predicted molar refractivity (Wildman–Crippen MR) is 108 cm³/mol. The summed E-state index contributed by atoms with van der Waals surface area (Å²) in [6.07, 6.45) is 1.91. The summed E-state index contributed by atoms with van der Waals surface area (Å²) < 4.78 is 37.6. The first-order valence-corrected chi connectivity index (χ1v) is 11.1. The van der Waals surface area contributed by atoms with Crippen LogP contribution in [-0.2, 0) is 19.5 Å². The van der Waals surface area contributed by atoms with Gasteiger partial charge in [-0.1, -0.05) is 13.8 Å². The van der Waals surface area contributed by atoms with Crippen molar-refractivity contribution in [3.63, 3.8) is 0 Å². The Morgan fingerprint density at radius 1 is 1.32 bits per heavy atom. The van der Waals surface area contributed by atoms with Crippen LogP contribution in [0.5, 0.6) is 0 Å². The average molecular weight is 414 g/mol. The van der Waals surface area contributed by atoms with E-state index >= 15 is 0 Å². The van der Waals surface area contributed by atoms with Gasteiger partial charge in [-0.2, -0.15) is 4.31 Å². The number of nitrogens with one attached hydrogen (secondary N) is 2. The summed E-state index contributed by atoms with van der Waals surface area (Å²) in [5.41, 5.74) is 0.864. The number of methoxy groups -OCH3 is 1. The second-order valence-corrected chi connectivity index (χ2v) is 8.50. The minimum atomic E-state index is -3.65. The zero-order valence-electron chi connectivity index (χ0n) is 16.9. The van der Waals surface area contributed by atoms with Crippen LogP contribution in [0.2, 0.25) is 0 Å². The third-order valence-corrected chi connectivity index (χ3v) is 6.76. The first kappa shape index (κ1) is 22.6. The lowest BCUT2D eigenvalue weighted by Gasteiger charge is -2.20. The third kappa shape index (κ3) is 5.66. The van der Waals surface area contributed by atoms with E-state index in [2.05, 4.69) is 10.6 Å². The van der Waals surface area contributed by atoms with Crippen molar-refractivity contribution in [2.75, 3.05) is 51.8 Å². The summed E-state index contributed by atoms with van der Waals surface area (Å²) >= 11 is 0. The Bertz CT molecular complexity index is 744. The molecule has 8 nitrogen and oxygen atoms in total. The Morgan fingerprint density at radius 3 is 2.68 bits per heavy atom. The highest BCUT2D eigenvalue weighted by molar-refractivity contribution is 7.89. The van der Waals surface area contributed by atoms with Gasteiger partial charge in [-0.25, -0.2) is 8.42 Å². The topological polar surface area (TPSA) is 97.0 Å². The van der Waals surface area contributed by atoms with E-state index in [9.17, 15) is 13.2 Å². The molecule has 0 aliphatic carbocycles. The number of hydrogen-bond donors (Lipinski definition) is 2. The van der Waals surface area contributed by atoms with Crippen LogP contribution in [0.1, 0.15) is 37.0 Å². The van der Waals surface area contributed by atoms with Crippen molar-refractivity contribution in [3.8, 4) is 0 Å². The van der Waals surface area contributed by atoms with E-state index < -0.39 is 10.0 Å². The molecule has 1 heterocycles. The van der Waals surface area contributed by atoms with E-state index in [1.807, 2.05) is 0 Å². The largest absolute Gasteiger partial charge is 0.383 e. The van der Waals surface area contributed by atoms with E-state index in [-0.39, 0.29) is 16.9 Å². The Labute approximate surface area is 167 Å². The molecule has 1 aliphatic rings. The lowest BCUT2D eigenvalue weighted by Crippen LogP contribution is -2.33. The van der Waals surface area contributed by atoms with Crippen molar-refractivity contribution >= 4 is 21.6 Å². The molecule has 1 aromatic rings. The van der Waals surface area contributed by atoms with Crippen molar-refractivity contribution in [2.24, 2.45) is 0 Å². The first-order chi connectivity index (χ1) is 13.4. The lowest BCUT2D eigenvalue weighted by molar-refractivity contribution is 0.0858. The summed E-state index contributed by atoms with van der Waals surface area (Å²) in [6, 6.07) is 4.60. The summed E-state index contributed by atoms with van der Waals surface area (Å²) in [6.45, 7) is 6.40. The molecule has 1 fully saturated rings. The van der Waals surface area contributed by atoms with E-state index in [0.29, 0.717) is 50.6 Å². The zero-order chi connectivity index (χ0) is 20.6. The van der Waals surface area contributed by atoms with Crippen molar-refractivity contribution < 1.29 is 22.7 Å². The van der Waals surface area contributed by atoms with Gasteiger partial charge in [-0.15, -0.1) is 0 Å². The quantitative estimate of drug-likeness (QED) is 0.536. The monoisotopic (exact) mass is 413 g/mol. The molecule has 0 unspecified atom stereocenters. The van der Waals surface area contributed by atoms with Gasteiger partial charge in [0.05, 0.1) is 23.2 Å². The molecule has 0 bridgehead atoms. The van der Waals surface area contributed by atoms with E-state index in [0.717, 1.165) is 12.8 Å². The average Bonchev–Trinajstić information content (AvgIpc) is 3.20. The molecule has 28 heavy (non-hydrogen) atoms. The minimum Gasteiger partial charge on any atom is -0.383 e. The number of benzene rings is 1. The molecule has 2 rings (SSSR count). The van der Waals surface area contributed by atoms with Gasteiger partial charge in [0.1, 0.15) is 0 Å². The molecule has 0 radical (unpaired) electrons. The summed E-state index contributed by atoms with van der Waals surface area (Å²) in [5.74, 6) is -0.327. The van der Waals surface area contributed by atoms with Gasteiger partial charge >= 0.3 is 0 Å². The van der Waals surface area contributed by atoms with E-state index in [1.54, 1.807) is 27.0 Å². The SMILES string of the molecule is CCN(CC)S(=O)(=O)c1ccc(NCCOC)c(C(=O)NC[C@@H]2CCCO2)c1. The van der Waals surface area contributed by atoms with Crippen LogP contribution in [0, 0.1) is 0 Å². The zero-order valence-corrected chi connectivity index (χ0v) is 17.7. The smallest absolute Gasteiger partial charge is 0.253 e. The van der Waals surface area contributed by atoms with Crippen LogP contribution in [-0.4, -0.2) is 71.2 Å².